The first kappa shape index (κ1) is 39.0. The van der Waals surface area contributed by atoms with Crippen molar-refractivity contribution in [3.63, 3.8) is 0 Å². The fourth-order valence-electron chi connectivity index (χ4n) is 5.58. The van der Waals surface area contributed by atoms with Gasteiger partial charge in [-0.05, 0) is 50.1 Å². The van der Waals surface area contributed by atoms with Crippen molar-refractivity contribution in [2.24, 2.45) is 0 Å². The van der Waals surface area contributed by atoms with Crippen LogP contribution in [0.1, 0.15) is 75.7 Å². The molecule has 3 aromatic rings. The number of aliphatic carboxylic acids is 3. The van der Waals surface area contributed by atoms with Crippen LogP contribution in [0.2, 0.25) is 5.02 Å². The summed E-state index contributed by atoms with van der Waals surface area (Å²) in [5.41, 5.74) is -1.27. The number of thiazole rings is 1. The molecule has 16 nitrogen and oxygen atoms in total. The number of carboxylic acid groups (broad SMARTS) is 3. The van der Waals surface area contributed by atoms with Gasteiger partial charge in [-0.1, -0.05) is 23.7 Å². The number of halogens is 2. The van der Waals surface area contributed by atoms with Crippen LogP contribution in [0.5, 0.6) is 0 Å². The Balaban J connectivity index is 0.000000383. The van der Waals surface area contributed by atoms with Gasteiger partial charge in [0.1, 0.15) is 0 Å². The Bertz CT molecular complexity index is 1780. The summed E-state index contributed by atoms with van der Waals surface area (Å²) in [5.74, 6) is -6.24. The number of carbonyl (C=O) groups excluding carboxylic acids is 2. The molecule has 2 aliphatic rings. The number of hydrogen-bond acceptors (Lipinski definition) is 12. The van der Waals surface area contributed by atoms with Crippen molar-refractivity contribution in [2.45, 2.75) is 75.6 Å². The number of amides is 2. The van der Waals surface area contributed by atoms with Gasteiger partial charge in [0, 0.05) is 48.3 Å². The van der Waals surface area contributed by atoms with E-state index in [4.69, 9.17) is 36.4 Å². The molecule has 6 N–H and O–H groups in total. The first-order chi connectivity index (χ1) is 24.0. The second-order valence-electron chi connectivity index (χ2n) is 12.2. The molecule has 5 rings (SSSR count). The summed E-state index contributed by atoms with van der Waals surface area (Å²) in [4.78, 5) is 64.3. The molecule has 1 saturated carbocycles. The van der Waals surface area contributed by atoms with Crippen LogP contribution < -0.4 is 10.6 Å². The first-order valence-corrected chi connectivity index (χ1v) is 16.8. The lowest BCUT2D eigenvalue weighted by atomic mass is 9.82. The van der Waals surface area contributed by atoms with E-state index in [0.29, 0.717) is 46.6 Å². The summed E-state index contributed by atoms with van der Waals surface area (Å²) >= 11 is 7.27. The van der Waals surface area contributed by atoms with E-state index >= 15 is 0 Å². The summed E-state index contributed by atoms with van der Waals surface area (Å²) in [5, 5.41) is 48.6. The highest BCUT2D eigenvalue weighted by Gasteiger charge is 2.41. The summed E-state index contributed by atoms with van der Waals surface area (Å²) in [7, 11) is 2.04. The van der Waals surface area contributed by atoms with Gasteiger partial charge in [-0.2, -0.15) is 0 Å². The molecule has 0 saturated heterocycles. The number of aliphatic hydroxyl groups is 1. The van der Waals surface area contributed by atoms with Crippen molar-refractivity contribution < 1.29 is 53.2 Å². The third kappa shape index (κ3) is 10.9. The minimum atomic E-state index is -2.74. The molecule has 0 spiro atoms. The number of benzene rings is 1. The Morgan fingerprint density at radius 1 is 1.06 bits per heavy atom. The summed E-state index contributed by atoms with van der Waals surface area (Å²) in [6, 6.07) is 5.53. The van der Waals surface area contributed by atoms with Crippen molar-refractivity contribution in [1.82, 2.24) is 30.7 Å². The molecule has 19 heteroatoms. The summed E-state index contributed by atoms with van der Waals surface area (Å²) in [6.07, 6.45) is 1.26. The van der Waals surface area contributed by atoms with Crippen molar-refractivity contribution in [3.05, 3.63) is 68.0 Å². The van der Waals surface area contributed by atoms with E-state index in [1.165, 1.54) is 11.3 Å². The van der Waals surface area contributed by atoms with Crippen molar-refractivity contribution in [1.29, 1.82) is 0 Å². The lowest BCUT2D eigenvalue weighted by molar-refractivity contribution is -0.170. The van der Waals surface area contributed by atoms with Crippen LogP contribution in [0.4, 0.5) is 4.39 Å². The van der Waals surface area contributed by atoms with Crippen LogP contribution >= 0.6 is 22.9 Å². The van der Waals surface area contributed by atoms with E-state index in [0.717, 1.165) is 36.2 Å². The van der Waals surface area contributed by atoms with Gasteiger partial charge in [0.2, 0.25) is 11.8 Å². The number of aryl methyl sites for hydroxylation is 1. The highest BCUT2D eigenvalue weighted by Crippen LogP contribution is 2.33. The first-order valence-electron chi connectivity index (χ1n) is 15.6. The predicted molar refractivity (Wildman–Crippen MR) is 179 cm³/mol. The van der Waals surface area contributed by atoms with Gasteiger partial charge in [0.25, 0.3) is 11.8 Å². The summed E-state index contributed by atoms with van der Waals surface area (Å²) in [6.45, 7) is 3.38. The highest BCUT2D eigenvalue weighted by molar-refractivity contribution is 7.13. The minimum Gasteiger partial charge on any atom is -0.481 e. The molecule has 2 amide bonds. The monoisotopic (exact) mass is 750 g/mol. The molecule has 3 atom stereocenters. The second kappa shape index (κ2) is 17.0. The van der Waals surface area contributed by atoms with E-state index in [-0.39, 0.29) is 11.8 Å². The molecule has 51 heavy (non-hydrogen) atoms. The van der Waals surface area contributed by atoms with Gasteiger partial charge < -0.3 is 40.4 Å². The third-order valence-electron chi connectivity index (χ3n) is 8.16. The quantitative estimate of drug-likeness (QED) is 0.154. The Kier molecular flexibility index (Phi) is 13.0. The molecule has 0 bridgehead atoms. The van der Waals surface area contributed by atoms with Crippen molar-refractivity contribution in [3.8, 4) is 0 Å². The minimum absolute atomic E-state index is 0.0951. The molecule has 0 unspecified atom stereocenters. The van der Waals surface area contributed by atoms with E-state index < -0.39 is 60.2 Å². The molecule has 0 radical (unpaired) electrons. The predicted octanol–water partition coefficient (Wildman–Crippen LogP) is 2.79. The van der Waals surface area contributed by atoms with E-state index in [1.807, 2.05) is 7.05 Å². The van der Waals surface area contributed by atoms with Gasteiger partial charge in [-0.3, -0.25) is 19.2 Å². The van der Waals surface area contributed by atoms with Crippen LogP contribution in [0.15, 0.2) is 34.5 Å². The molecule has 2 aromatic heterocycles. The standard InChI is InChI=1S/C26H28ClFN6O3S.C6H8O7/c1-14-32-33-25(37-14)16-5-8-19(29-23(35)18(28)11-15-3-6-17(27)7-4-15)21(12-16)30-24(36)26-31-20-9-10-34(2)13-22(20)38-26;7-3(8)1-6(13,5(11)12)2-4(9)10/h3-4,6-7,11,16,19,21H,5,8-10,12-13H2,1-2H3,(H,29,35)(H,30,36);13H,1-2H2,(H,7,8)(H,9,10)(H,11,12)/b18-11-;/t16-,19-,21+;/m0./s1. The topological polar surface area (TPSA) is 245 Å². The average molecular weight is 751 g/mol. The molecule has 1 aliphatic heterocycles. The van der Waals surface area contributed by atoms with E-state index in [9.17, 15) is 28.4 Å². The van der Waals surface area contributed by atoms with Gasteiger partial charge in [0.05, 0.1) is 24.6 Å². The van der Waals surface area contributed by atoms with E-state index in [1.54, 1.807) is 31.2 Å². The van der Waals surface area contributed by atoms with E-state index in [2.05, 4.69) is 30.7 Å². The molecule has 3 heterocycles. The van der Waals surface area contributed by atoms with Gasteiger partial charge in [-0.15, -0.1) is 21.5 Å². The Labute approximate surface area is 299 Å². The van der Waals surface area contributed by atoms with Gasteiger partial charge in [-0.25, -0.2) is 14.2 Å². The van der Waals surface area contributed by atoms with Crippen LogP contribution in [-0.4, -0.2) is 102 Å². The van der Waals surface area contributed by atoms with Crippen LogP contribution in [0, 0.1) is 6.92 Å². The molecule has 1 aliphatic carbocycles. The molecule has 1 aromatic carbocycles. The number of carboxylic acids is 3. The lowest BCUT2D eigenvalue weighted by Gasteiger charge is -2.35. The number of fused-ring (bicyclic) bond motifs is 1. The van der Waals surface area contributed by atoms with Gasteiger partial charge >= 0.3 is 17.9 Å². The van der Waals surface area contributed by atoms with Crippen molar-refractivity contribution in [2.75, 3.05) is 13.6 Å². The molecule has 1 fully saturated rings. The maximum absolute atomic E-state index is 14.8. The third-order valence-corrected chi connectivity index (χ3v) is 9.49. The number of aromatic nitrogens is 3. The lowest BCUT2D eigenvalue weighted by Crippen LogP contribution is -2.54. The van der Waals surface area contributed by atoms with Crippen LogP contribution in [0.25, 0.3) is 6.08 Å². The largest absolute Gasteiger partial charge is 0.481 e. The fraction of sp³-hybridized carbons (Fsp3) is 0.438. The number of rotatable bonds is 11. The number of hydrogen-bond donors (Lipinski definition) is 6. The normalized spacial score (nSPS) is 19.2. The Morgan fingerprint density at radius 2 is 1.73 bits per heavy atom. The maximum Gasteiger partial charge on any atom is 0.336 e. The Hall–Kier alpha value is -4.78. The fourth-order valence-corrected chi connectivity index (χ4v) is 6.79. The molecule has 274 valence electrons. The van der Waals surface area contributed by atoms with Crippen LogP contribution in [0.3, 0.4) is 0 Å². The number of nitrogens with one attached hydrogen (secondary N) is 2. The molecular weight excluding hydrogens is 715 g/mol. The second-order valence-corrected chi connectivity index (χ2v) is 13.7. The Morgan fingerprint density at radius 3 is 2.31 bits per heavy atom. The zero-order valence-electron chi connectivity index (χ0n) is 27.5. The zero-order chi connectivity index (χ0) is 37.5. The van der Waals surface area contributed by atoms with Crippen LogP contribution in [-0.2, 0) is 32.1 Å². The number of carbonyl (C=O) groups is 5. The summed E-state index contributed by atoms with van der Waals surface area (Å²) < 4.78 is 20.4. The van der Waals surface area contributed by atoms with Crippen molar-refractivity contribution >= 4 is 58.7 Å². The maximum atomic E-state index is 14.8. The highest BCUT2D eigenvalue weighted by atomic mass is 35.5. The number of likely N-dealkylation sites (N-methyl/N-ethyl adjacent to an activating group) is 1. The average Bonchev–Trinajstić information content (AvgIpc) is 3.68. The SMILES string of the molecule is Cc1nnc([C@H]2CC[C@H](NC(=O)/C(F)=C/c3ccc(Cl)cc3)[C@H](NC(=O)c3nc4c(s3)CN(C)CC4)C2)o1.O=C(O)CC(O)(CC(=O)O)C(=O)O. The van der Waals surface area contributed by atoms with Gasteiger partial charge in [0.15, 0.2) is 16.4 Å². The zero-order valence-corrected chi connectivity index (χ0v) is 29.0. The smallest absolute Gasteiger partial charge is 0.336 e. The number of nitrogens with zero attached hydrogens (tertiary/aromatic N) is 4. The molecular formula is C32H36ClFN6O10S.